The van der Waals surface area contributed by atoms with Crippen molar-refractivity contribution in [3.05, 3.63) is 24.0 Å². The lowest BCUT2D eigenvalue weighted by atomic mass is 10.2. The fraction of sp³-hybridized carbons (Fsp3) is 0.417. The molecule has 1 aromatic rings. The monoisotopic (exact) mass is 357 g/mol. The van der Waals surface area contributed by atoms with Crippen LogP contribution in [-0.4, -0.2) is 42.7 Å². The molecule has 0 aromatic heterocycles. The number of halogens is 4. The molecule has 1 aromatic carbocycles. The van der Waals surface area contributed by atoms with Gasteiger partial charge in [-0.25, -0.2) is 12.8 Å². The van der Waals surface area contributed by atoms with Crippen LogP contribution in [0.3, 0.4) is 0 Å². The number of carbonyl (C=O) groups is 1. The molecule has 0 amide bonds. The molecule has 0 spiro atoms. The molecule has 1 fully saturated rings. The molecule has 1 heterocycles. The lowest BCUT2D eigenvalue weighted by Gasteiger charge is -2.23. The van der Waals surface area contributed by atoms with Gasteiger partial charge in [-0.1, -0.05) is 6.07 Å². The first-order valence-corrected chi connectivity index (χ1v) is 7.77. The minimum Gasteiger partial charge on any atom is -0.480 e. The van der Waals surface area contributed by atoms with Crippen LogP contribution in [0.2, 0.25) is 0 Å². The first-order valence-electron chi connectivity index (χ1n) is 6.33. The average Bonchev–Trinajstić information content (AvgIpc) is 2.86. The Morgan fingerprint density at radius 3 is 2.57 bits per heavy atom. The minimum absolute atomic E-state index is 0.0154. The molecule has 11 heteroatoms. The highest BCUT2D eigenvalue weighted by Crippen LogP contribution is 2.35. The van der Waals surface area contributed by atoms with Crippen molar-refractivity contribution in [2.24, 2.45) is 0 Å². The second kappa shape index (κ2) is 5.96. The van der Waals surface area contributed by atoms with Gasteiger partial charge in [-0.15, -0.1) is 13.2 Å². The lowest BCUT2D eigenvalue weighted by Crippen LogP contribution is -2.41. The normalized spacial score (nSPS) is 19.7. The van der Waals surface area contributed by atoms with E-state index in [0.717, 1.165) is 6.07 Å². The van der Waals surface area contributed by atoms with Crippen LogP contribution in [0.1, 0.15) is 12.8 Å². The molecule has 128 valence electrons. The predicted molar refractivity (Wildman–Crippen MR) is 67.6 cm³/mol. The Labute approximate surface area is 128 Å². The number of hydrogen-bond donors (Lipinski definition) is 1. The highest BCUT2D eigenvalue weighted by molar-refractivity contribution is 7.89. The molecular formula is C12H11F4NO5S. The zero-order valence-corrected chi connectivity index (χ0v) is 12.2. The molecule has 0 radical (unpaired) electrons. The van der Waals surface area contributed by atoms with Gasteiger partial charge in [0, 0.05) is 6.54 Å². The molecule has 1 saturated heterocycles. The van der Waals surface area contributed by atoms with Gasteiger partial charge in [0.25, 0.3) is 10.0 Å². The smallest absolute Gasteiger partial charge is 0.480 e. The summed E-state index contributed by atoms with van der Waals surface area (Å²) >= 11 is 0. The molecule has 0 aliphatic carbocycles. The van der Waals surface area contributed by atoms with Crippen molar-refractivity contribution < 1.29 is 40.6 Å². The van der Waals surface area contributed by atoms with Crippen LogP contribution in [-0.2, 0) is 14.8 Å². The van der Waals surface area contributed by atoms with E-state index >= 15 is 0 Å². The van der Waals surface area contributed by atoms with E-state index in [1.807, 2.05) is 0 Å². The maximum atomic E-state index is 13.9. The van der Waals surface area contributed by atoms with E-state index in [-0.39, 0.29) is 19.4 Å². The Kier molecular flexibility index (Phi) is 4.53. The highest BCUT2D eigenvalue weighted by atomic mass is 32.2. The largest absolute Gasteiger partial charge is 0.573 e. The van der Waals surface area contributed by atoms with Crippen molar-refractivity contribution in [3.63, 3.8) is 0 Å². The van der Waals surface area contributed by atoms with Crippen LogP contribution in [0.15, 0.2) is 23.1 Å². The second-order valence-corrected chi connectivity index (χ2v) is 6.55. The lowest BCUT2D eigenvalue weighted by molar-refractivity contribution is -0.275. The maximum Gasteiger partial charge on any atom is 0.573 e. The molecule has 0 unspecified atom stereocenters. The van der Waals surface area contributed by atoms with Gasteiger partial charge in [0.2, 0.25) is 0 Å². The van der Waals surface area contributed by atoms with Gasteiger partial charge in [0.15, 0.2) is 10.6 Å². The van der Waals surface area contributed by atoms with Crippen LogP contribution in [0.25, 0.3) is 0 Å². The molecule has 2 rings (SSSR count). The Morgan fingerprint density at radius 1 is 1.35 bits per heavy atom. The summed E-state index contributed by atoms with van der Waals surface area (Å²) < 4.78 is 80.0. The van der Waals surface area contributed by atoms with Crippen LogP contribution in [0, 0.1) is 5.82 Å². The van der Waals surface area contributed by atoms with E-state index in [1.54, 1.807) is 0 Å². The Balaban J connectivity index is 2.54. The summed E-state index contributed by atoms with van der Waals surface area (Å²) in [6.45, 7) is -0.237. The maximum absolute atomic E-state index is 13.9. The standard InChI is InChI=1S/C12H11F4NO5S/c13-7-3-1-5-9(22-12(14,15)16)10(7)23(20,21)17-6-2-4-8(17)11(18)19/h1,3,5,8H,2,4,6H2,(H,18,19)/t8-/m0/s1. The van der Waals surface area contributed by atoms with Gasteiger partial charge < -0.3 is 9.84 Å². The molecule has 1 N–H and O–H groups in total. The highest BCUT2D eigenvalue weighted by Gasteiger charge is 2.43. The minimum atomic E-state index is -5.23. The van der Waals surface area contributed by atoms with E-state index in [9.17, 15) is 30.8 Å². The number of alkyl halides is 3. The first-order chi connectivity index (χ1) is 10.5. The van der Waals surface area contributed by atoms with Crippen molar-refractivity contribution in [3.8, 4) is 5.75 Å². The third kappa shape index (κ3) is 3.55. The second-order valence-electron chi connectivity index (χ2n) is 4.73. The number of benzene rings is 1. The van der Waals surface area contributed by atoms with Crippen molar-refractivity contribution in [2.45, 2.75) is 30.1 Å². The van der Waals surface area contributed by atoms with E-state index in [4.69, 9.17) is 5.11 Å². The van der Waals surface area contributed by atoms with Gasteiger partial charge in [0.1, 0.15) is 11.9 Å². The Hall–Kier alpha value is -1.88. The van der Waals surface area contributed by atoms with Crippen LogP contribution < -0.4 is 4.74 Å². The molecule has 1 aliphatic rings. The third-order valence-corrected chi connectivity index (χ3v) is 5.18. The van der Waals surface area contributed by atoms with Gasteiger partial charge >= 0.3 is 12.3 Å². The summed E-state index contributed by atoms with van der Waals surface area (Å²) in [6, 6.07) is 0.698. The number of carboxylic acids is 1. The van der Waals surface area contributed by atoms with Gasteiger partial charge in [-0.2, -0.15) is 4.31 Å². The van der Waals surface area contributed by atoms with Gasteiger partial charge in [-0.05, 0) is 25.0 Å². The third-order valence-electron chi connectivity index (χ3n) is 3.21. The summed E-state index contributed by atoms with van der Waals surface area (Å²) in [5.74, 6) is -4.16. The van der Waals surface area contributed by atoms with Crippen LogP contribution >= 0.6 is 0 Å². The summed E-state index contributed by atoms with van der Waals surface area (Å²) in [6.07, 6.45) is -5.05. The number of carboxylic acid groups (broad SMARTS) is 1. The van der Waals surface area contributed by atoms with Crippen LogP contribution in [0.5, 0.6) is 5.75 Å². The molecular weight excluding hydrogens is 346 g/mol. The zero-order valence-electron chi connectivity index (χ0n) is 11.4. The number of aliphatic carboxylic acids is 1. The van der Waals surface area contributed by atoms with Crippen molar-refractivity contribution >= 4 is 16.0 Å². The average molecular weight is 357 g/mol. The van der Waals surface area contributed by atoms with Gasteiger partial charge in [0.05, 0.1) is 0 Å². The molecule has 0 saturated carbocycles. The molecule has 1 atom stereocenters. The molecule has 6 nitrogen and oxygen atoms in total. The molecule has 0 bridgehead atoms. The molecule has 1 aliphatic heterocycles. The quantitative estimate of drug-likeness (QED) is 0.833. The van der Waals surface area contributed by atoms with E-state index in [2.05, 4.69) is 4.74 Å². The number of nitrogens with zero attached hydrogens (tertiary/aromatic N) is 1. The van der Waals surface area contributed by atoms with Crippen molar-refractivity contribution in [2.75, 3.05) is 6.54 Å². The SMILES string of the molecule is O=C(O)[C@@H]1CCCN1S(=O)(=O)c1c(F)cccc1OC(F)(F)F. The van der Waals surface area contributed by atoms with Crippen molar-refractivity contribution in [1.29, 1.82) is 0 Å². The molecule has 23 heavy (non-hydrogen) atoms. The predicted octanol–water partition coefficient (Wildman–Crippen LogP) is 1.96. The summed E-state index contributed by atoms with van der Waals surface area (Å²) in [7, 11) is -4.81. The Morgan fingerprint density at radius 2 is 2.00 bits per heavy atom. The van der Waals surface area contributed by atoms with E-state index < -0.39 is 44.9 Å². The summed E-state index contributed by atoms with van der Waals surface area (Å²) in [4.78, 5) is 9.75. The number of ether oxygens (including phenoxy) is 1. The summed E-state index contributed by atoms with van der Waals surface area (Å²) in [5.41, 5.74) is 0. The first kappa shape index (κ1) is 17.5. The van der Waals surface area contributed by atoms with E-state index in [1.165, 1.54) is 0 Å². The number of sulfonamides is 1. The fourth-order valence-electron chi connectivity index (χ4n) is 2.34. The van der Waals surface area contributed by atoms with Crippen LogP contribution in [0.4, 0.5) is 17.6 Å². The fourth-order valence-corrected chi connectivity index (χ4v) is 4.15. The number of rotatable bonds is 4. The topological polar surface area (TPSA) is 83.9 Å². The van der Waals surface area contributed by atoms with Crippen molar-refractivity contribution in [1.82, 2.24) is 4.31 Å². The zero-order chi connectivity index (χ0) is 17.4. The Bertz CT molecular complexity index is 719. The van der Waals surface area contributed by atoms with E-state index in [0.29, 0.717) is 16.4 Å². The van der Waals surface area contributed by atoms with Gasteiger partial charge in [-0.3, -0.25) is 4.79 Å². The number of hydrogen-bond acceptors (Lipinski definition) is 4. The summed E-state index contributed by atoms with van der Waals surface area (Å²) in [5, 5.41) is 9.01.